The molecule has 0 bridgehead atoms. The van der Waals surface area contributed by atoms with Crippen molar-refractivity contribution in [2.75, 3.05) is 52.6 Å². The van der Waals surface area contributed by atoms with Gasteiger partial charge in [-0.15, -0.1) is 24.0 Å². The molecule has 7 heteroatoms. The number of hydrogen-bond donors (Lipinski definition) is 2. The standard InChI is InChI=1S/C23H40N4O2.HI/c1-4-24-23(25-13-7-14-28-18-22-12-15-29-19-22)26-16-20-8-10-21(11-9-20)17-27(5-2)6-3;/h8-11,22H,4-7,12-19H2,1-3H3,(H2,24,25,26);1H. The maximum atomic E-state index is 5.76. The molecule has 2 N–H and O–H groups in total. The number of guanidine groups is 1. The predicted molar refractivity (Wildman–Crippen MR) is 136 cm³/mol. The minimum Gasteiger partial charge on any atom is -0.381 e. The van der Waals surface area contributed by atoms with Crippen molar-refractivity contribution < 1.29 is 9.47 Å². The lowest BCUT2D eigenvalue weighted by Gasteiger charge is -2.18. The first kappa shape index (κ1) is 27.1. The number of halogens is 1. The first-order valence-electron chi connectivity index (χ1n) is 11.2. The molecular weight excluding hydrogens is 491 g/mol. The molecule has 2 rings (SSSR count). The molecule has 1 unspecified atom stereocenters. The molecule has 6 nitrogen and oxygen atoms in total. The molecule has 0 radical (unpaired) electrons. The maximum Gasteiger partial charge on any atom is 0.191 e. The van der Waals surface area contributed by atoms with Gasteiger partial charge in [0.25, 0.3) is 0 Å². The summed E-state index contributed by atoms with van der Waals surface area (Å²) in [6, 6.07) is 8.81. The van der Waals surface area contributed by atoms with Crippen molar-refractivity contribution in [2.45, 2.75) is 46.7 Å². The third-order valence-corrected chi connectivity index (χ3v) is 5.22. The van der Waals surface area contributed by atoms with Crippen LogP contribution in [-0.2, 0) is 22.6 Å². The van der Waals surface area contributed by atoms with E-state index in [2.05, 4.69) is 60.6 Å². The van der Waals surface area contributed by atoms with Crippen molar-refractivity contribution in [2.24, 2.45) is 10.9 Å². The van der Waals surface area contributed by atoms with E-state index >= 15 is 0 Å². The smallest absolute Gasteiger partial charge is 0.191 e. The lowest BCUT2D eigenvalue weighted by molar-refractivity contribution is 0.0888. The monoisotopic (exact) mass is 532 g/mol. The van der Waals surface area contributed by atoms with Crippen molar-refractivity contribution in [1.29, 1.82) is 0 Å². The Morgan fingerprint density at radius 2 is 1.87 bits per heavy atom. The van der Waals surface area contributed by atoms with Crippen LogP contribution in [0.25, 0.3) is 0 Å². The van der Waals surface area contributed by atoms with E-state index in [0.29, 0.717) is 12.5 Å². The van der Waals surface area contributed by atoms with Crippen LogP contribution in [0.4, 0.5) is 0 Å². The third kappa shape index (κ3) is 10.9. The van der Waals surface area contributed by atoms with Gasteiger partial charge in [0.15, 0.2) is 5.96 Å². The van der Waals surface area contributed by atoms with Gasteiger partial charge in [-0.1, -0.05) is 38.1 Å². The molecule has 1 aromatic carbocycles. The predicted octanol–water partition coefficient (Wildman–Crippen LogP) is 3.64. The highest BCUT2D eigenvalue weighted by Gasteiger charge is 2.15. The largest absolute Gasteiger partial charge is 0.381 e. The summed E-state index contributed by atoms with van der Waals surface area (Å²) in [5.41, 5.74) is 2.59. The van der Waals surface area contributed by atoms with Crippen LogP contribution in [0.2, 0.25) is 0 Å². The number of nitrogens with one attached hydrogen (secondary N) is 2. The van der Waals surface area contributed by atoms with Crippen LogP contribution in [0.15, 0.2) is 29.3 Å². The Bertz CT molecular complexity index is 573. The first-order valence-corrected chi connectivity index (χ1v) is 11.2. The number of ether oxygens (including phenoxy) is 2. The van der Waals surface area contributed by atoms with Gasteiger partial charge in [0.1, 0.15) is 0 Å². The van der Waals surface area contributed by atoms with E-state index in [4.69, 9.17) is 14.5 Å². The highest BCUT2D eigenvalue weighted by Crippen LogP contribution is 2.12. The second kappa shape index (κ2) is 16.8. The Hall–Kier alpha value is -0.900. The van der Waals surface area contributed by atoms with E-state index in [-0.39, 0.29) is 24.0 Å². The molecule has 0 amide bonds. The van der Waals surface area contributed by atoms with Crippen molar-refractivity contribution in [3.63, 3.8) is 0 Å². The van der Waals surface area contributed by atoms with Gasteiger partial charge >= 0.3 is 0 Å². The van der Waals surface area contributed by atoms with Crippen LogP contribution in [0.5, 0.6) is 0 Å². The second-order valence-electron chi connectivity index (χ2n) is 7.56. The molecular formula is C23H41IN4O2. The topological polar surface area (TPSA) is 58.1 Å². The molecule has 1 fully saturated rings. The molecule has 1 saturated heterocycles. The van der Waals surface area contributed by atoms with Gasteiger partial charge in [-0.2, -0.15) is 0 Å². The Morgan fingerprint density at radius 3 is 2.50 bits per heavy atom. The van der Waals surface area contributed by atoms with E-state index in [1.165, 1.54) is 11.1 Å². The molecule has 30 heavy (non-hydrogen) atoms. The summed E-state index contributed by atoms with van der Waals surface area (Å²) in [5.74, 6) is 1.45. The summed E-state index contributed by atoms with van der Waals surface area (Å²) in [6.45, 7) is 15.4. The number of nitrogens with zero attached hydrogens (tertiary/aromatic N) is 2. The van der Waals surface area contributed by atoms with Crippen LogP contribution >= 0.6 is 24.0 Å². The third-order valence-electron chi connectivity index (χ3n) is 5.22. The molecule has 172 valence electrons. The maximum absolute atomic E-state index is 5.76. The number of rotatable bonds is 13. The van der Waals surface area contributed by atoms with Gasteiger partial charge < -0.3 is 20.1 Å². The van der Waals surface area contributed by atoms with E-state index in [1.54, 1.807) is 0 Å². The van der Waals surface area contributed by atoms with Crippen LogP contribution in [0.3, 0.4) is 0 Å². The normalized spacial score (nSPS) is 16.5. The van der Waals surface area contributed by atoms with Crippen LogP contribution < -0.4 is 10.6 Å². The molecule has 1 aromatic rings. The summed E-state index contributed by atoms with van der Waals surface area (Å²) >= 11 is 0. The molecule has 1 heterocycles. The Morgan fingerprint density at radius 1 is 1.13 bits per heavy atom. The van der Waals surface area contributed by atoms with Gasteiger partial charge in [-0.25, -0.2) is 4.99 Å². The highest BCUT2D eigenvalue weighted by molar-refractivity contribution is 14.0. The lowest BCUT2D eigenvalue weighted by Crippen LogP contribution is -2.38. The fourth-order valence-corrected chi connectivity index (χ4v) is 3.31. The SMILES string of the molecule is CCNC(=NCc1ccc(CN(CC)CC)cc1)NCCCOCC1CCOC1.I. The summed E-state index contributed by atoms with van der Waals surface area (Å²) < 4.78 is 11.1. The zero-order valence-corrected chi connectivity index (χ0v) is 21.3. The molecule has 1 atom stereocenters. The van der Waals surface area contributed by atoms with Crippen molar-refractivity contribution in [3.05, 3.63) is 35.4 Å². The second-order valence-corrected chi connectivity index (χ2v) is 7.56. The fourth-order valence-electron chi connectivity index (χ4n) is 3.31. The molecule has 1 aliphatic heterocycles. The average Bonchev–Trinajstić information content (AvgIpc) is 3.27. The lowest BCUT2D eigenvalue weighted by atomic mass is 10.1. The van der Waals surface area contributed by atoms with Crippen molar-refractivity contribution in [1.82, 2.24) is 15.5 Å². The van der Waals surface area contributed by atoms with Gasteiger partial charge in [0, 0.05) is 38.8 Å². The Kier molecular flexibility index (Phi) is 15.2. The Labute approximate surface area is 200 Å². The van der Waals surface area contributed by atoms with Crippen molar-refractivity contribution >= 4 is 29.9 Å². The highest BCUT2D eigenvalue weighted by atomic mass is 127. The summed E-state index contributed by atoms with van der Waals surface area (Å²) in [6.07, 6.45) is 2.10. The zero-order chi connectivity index (χ0) is 20.7. The molecule has 0 aromatic heterocycles. The quantitative estimate of drug-likeness (QED) is 0.176. The minimum absolute atomic E-state index is 0. The van der Waals surface area contributed by atoms with Gasteiger partial charge in [0.05, 0.1) is 19.8 Å². The van der Waals surface area contributed by atoms with E-state index in [1.807, 2.05) is 0 Å². The number of hydrogen-bond acceptors (Lipinski definition) is 4. The van der Waals surface area contributed by atoms with E-state index in [9.17, 15) is 0 Å². The molecule has 0 saturated carbocycles. The average molecular weight is 533 g/mol. The van der Waals surface area contributed by atoms with Gasteiger partial charge in [0.2, 0.25) is 0 Å². The number of aliphatic imine (C=N–C) groups is 1. The van der Waals surface area contributed by atoms with Gasteiger partial charge in [-0.05, 0) is 44.0 Å². The first-order chi connectivity index (χ1) is 14.2. The summed E-state index contributed by atoms with van der Waals surface area (Å²) in [7, 11) is 0. The fraction of sp³-hybridized carbons (Fsp3) is 0.696. The minimum atomic E-state index is 0. The molecule has 0 aliphatic carbocycles. The van der Waals surface area contributed by atoms with Gasteiger partial charge in [-0.3, -0.25) is 4.90 Å². The molecule has 0 spiro atoms. The van der Waals surface area contributed by atoms with Crippen LogP contribution in [-0.4, -0.2) is 63.5 Å². The summed E-state index contributed by atoms with van der Waals surface area (Å²) in [5, 5.41) is 6.72. The van der Waals surface area contributed by atoms with Crippen LogP contribution in [0.1, 0.15) is 44.7 Å². The summed E-state index contributed by atoms with van der Waals surface area (Å²) in [4.78, 5) is 7.14. The van der Waals surface area contributed by atoms with E-state index in [0.717, 1.165) is 78.0 Å². The van der Waals surface area contributed by atoms with Crippen molar-refractivity contribution in [3.8, 4) is 0 Å². The molecule has 1 aliphatic rings. The van der Waals surface area contributed by atoms with Crippen LogP contribution in [0, 0.1) is 5.92 Å². The van der Waals surface area contributed by atoms with E-state index < -0.39 is 0 Å². The number of benzene rings is 1. The zero-order valence-electron chi connectivity index (χ0n) is 19.0. The Balaban J connectivity index is 0.00000450.